The molecular weight excluding hydrogens is 446 g/mol. The first-order valence-electron chi connectivity index (χ1n) is 9.75. The lowest BCUT2D eigenvalue weighted by Crippen LogP contribution is -2.35. The number of rotatable bonds is 6. The lowest BCUT2D eigenvalue weighted by molar-refractivity contribution is 0.0342. The van der Waals surface area contributed by atoms with Crippen molar-refractivity contribution in [1.82, 2.24) is 9.88 Å². The van der Waals surface area contributed by atoms with E-state index in [2.05, 4.69) is 37.2 Å². The van der Waals surface area contributed by atoms with Crippen LogP contribution in [-0.2, 0) is 11.3 Å². The Kier molecular flexibility index (Phi) is 6.74. The number of amides is 1. The minimum absolute atomic E-state index is 0.208. The number of carbonyl (C=O) groups excluding carboxylic acids is 1. The maximum absolute atomic E-state index is 12.6. The average molecular weight is 468 g/mol. The minimum Gasteiger partial charge on any atom is -0.439 e. The zero-order valence-corrected chi connectivity index (χ0v) is 18.0. The van der Waals surface area contributed by atoms with Gasteiger partial charge in [-0.25, -0.2) is 4.98 Å². The normalized spacial score (nSPS) is 14.3. The van der Waals surface area contributed by atoms with E-state index < -0.39 is 0 Å². The van der Waals surface area contributed by atoms with E-state index in [0.717, 1.165) is 48.6 Å². The highest BCUT2D eigenvalue weighted by molar-refractivity contribution is 9.10. The van der Waals surface area contributed by atoms with Crippen LogP contribution in [0.25, 0.3) is 0 Å². The molecule has 0 aliphatic carbocycles. The molecule has 0 spiro atoms. The molecule has 154 valence electrons. The fraction of sp³-hybridized carbons (Fsp3) is 0.217. The Bertz CT molecular complexity index is 1000. The number of pyridine rings is 1. The molecule has 1 aliphatic rings. The average Bonchev–Trinajstić information content (AvgIpc) is 2.75. The molecule has 4 rings (SSSR count). The van der Waals surface area contributed by atoms with Crippen molar-refractivity contribution in [2.75, 3.05) is 31.6 Å². The van der Waals surface area contributed by atoms with Crippen LogP contribution in [0.2, 0.25) is 0 Å². The van der Waals surface area contributed by atoms with Crippen LogP contribution in [0, 0.1) is 0 Å². The first kappa shape index (κ1) is 20.5. The molecule has 6 nitrogen and oxygen atoms in total. The number of aromatic nitrogens is 1. The second-order valence-corrected chi connectivity index (χ2v) is 7.90. The topological polar surface area (TPSA) is 63.7 Å². The third kappa shape index (κ3) is 5.66. The van der Waals surface area contributed by atoms with Crippen molar-refractivity contribution in [3.05, 3.63) is 82.5 Å². The monoisotopic (exact) mass is 467 g/mol. The molecule has 0 saturated carbocycles. The Labute approximate surface area is 184 Å². The maximum atomic E-state index is 12.6. The molecule has 1 N–H and O–H groups in total. The van der Waals surface area contributed by atoms with Gasteiger partial charge in [-0.3, -0.25) is 9.69 Å². The predicted molar refractivity (Wildman–Crippen MR) is 119 cm³/mol. The number of nitrogens with one attached hydrogen (secondary N) is 1. The molecule has 1 fully saturated rings. The van der Waals surface area contributed by atoms with Gasteiger partial charge in [0.1, 0.15) is 5.75 Å². The van der Waals surface area contributed by atoms with Crippen molar-refractivity contribution in [3.63, 3.8) is 0 Å². The lowest BCUT2D eigenvalue weighted by atomic mass is 10.1. The van der Waals surface area contributed by atoms with E-state index in [0.29, 0.717) is 17.2 Å². The van der Waals surface area contributed by atoms with Gasteiger partial charge in [0.25, 0.3) is 5.91 Å². The van der Waals surface area contributed by atoms with Crippen LogP contribution in [0.4, 0.5) is 5.69 Å². The highest BCUT2D eigenvalue weighted by Gasteiger charge is 2.12. The molecule has 0 bridgehead atoms. The summed E-state index contributed by atoms with van der Waals surface area (Å²) in [5, 5.41) is 2.94. The zero-order chi connectivity index (χ0) is 20.8. The van der Waals surface area contributed by atoms with Gasteiger partial charge in [-0.2, -0.15) is 0 Å². The summed E-state index contributed by atoms with van der Waals surface area (Å²) in [7, 11) is 0. The van der Waals surface area contributed by atoms with Crippen LogP contribution < -0.4 is 10.1 Å². The Hall–Kier alpha value is -2.74. The summed E-state index contributed by atoms with van der Waals surface area (Å²) in [5.41, 5.74) is 2.39. The summed E-state index contributed by atoms with van der Waals surface area (Å²) in [5.74, 6) is 0.892. The molecule has 2 aromatic carbocycles. The highest BCUT2D eigenvalue weighted by Crippen LogP contribution is 2.23. The van der Waals surface area contributed by atoms with Gasteiger partial charge in [-0.05, 0) is 42.0 Å². The molecule has 0 atom stereocenters. The third-order valence-corrected chi connectivity index (χ3v) is 5.21. The van der Waals surface area contributed by atoms with Crippen molar-refractivity contribution >= 4 is 27.5 Å². The zero-order valence-electron chi connectivity index (χ0n) is 16.4. The largest absolute Gasteiger partial charge is 0.439 e. The molecule has 7 heteroatoms. The number of anilines is 1. The number of halogens is 1. The summed E-state index contributed by atoms with van der Waals surface area (Å²) in [4.78, 5) is 19.2. The predicted octanol–water partition coefficient (Wildman–Crippen LogP) is 4.72. The number of morpholine rings is 1. The summed E-state index contributed by atoms with van der Waals surface area (Å²) in [6, 6.07) is 18.8. The van der Waals surface area contributed by atoms with Crippen LogP contribution in [0.5, 0.6) is 11.6 Å². The summed E-state index contributed by atoms with van der Waals surface area (Å²) in [6.07, 6.45) is 1.51. The number of hydrogen-bond donors (Lipinski definition) is 1. The number of ether oxygens (including phenoxy) is 2. The molecule has 0 radical (unpaired) electrons. The van der Waals surface area contributed by atoms with Crippen molar-refractivity contribution < 1.29 is 14.3 Å². The van der Waals surface area contributed by atoms with Crippen molar-refractivity contribution in [3.8, 4) is 11.6 Å². The molecule has 1 aromatic heterocycles. The quantitative estimate of drug-likeness (QED) is 0.567. The highest BCUT2D eigenvalue weighted by atomic mass is 79.9. The van der Waals surface area contributed by atoms with E-state index in [-0.39, 0.29) is 5.91 Å². The standard InChI is InChI=1S/C23H22BrN3O3/c24-19-4-2-6-21(14-19)30-22-8-7-18(15-25-22)23(28)26-20-5-1-3-17(13-20)16-27-9-11-29-12-10-27/h1-8,13-15H,9-12,16H2,(H,26,28). The molecule has 3 aromatic rings. The van der Waals surface area contributed by atoms with Gasteiger partial charge >= 0.3 is 0 Å². The Balaban J connectivity index is 1.37. The van der Waals surface area contributed by atoms with E-state index in [1.807, 2.05) is 42.5 Å². The van der Waals surface area contributed by atoms with Crippen molar-refractivity contribution in [2.45, 2.75) is 6.54 Å². The van der Waals surface area contributed by atoms with Gasteiger partial charge in [-0.1, -0.05) is 34.1 Å². The van der Waals surface area contributed by atoms with Gasteiger partial charge in [-0.15, -0.1) is 0 Å². The van der Waals surface area contributed by atoms with E-state index in [9.17, 15) is 4.79 Å². The first-order chi connectivity index (χ1) is 14.7. The molecule has 1 saturated heterocycles. The number of carbonyl (C=O) groups is 1. The maximum Gasteiger partial charge on any atom is 0.257 e. The third-order valence-electron chi connectivity index (χ3n) is 4.71. The van der Waals surface area contributed by atoms with E-state index >= 15 is 0 Å². The smallest absolute Gasteiger partial charge is 0.257 e. The Morgan fingerprint density at radius 3 is 2.70 bits per heavy atom. The summed E-state index contributed by atoms with van der Waals surface area (Å²) in [6.45, 7) is 4.23. The Morgan fingerprint density at radius 1 is 1.10 bits per heavy atom. The molecule has 2 heterocycles. The first-order valence-corrected chi connectivity index (χ1v) is 10.5. The van der Waals surface area contributed by atoms with Crippen LogP contribution in [0.1, 0.15) is 15.9 Å². The SMILES string of the molecule is O=C(Nc1cccc(CN2CCOCC2)c1)c1ccc(Oc2cccc(Br)c2)nc1. The van der Waals surface area contributed by atoms with Crippen molar-refractivity contribution in [1.29, 1.82) is 0 Å². The second-order valence-electron chi connectivity index (χ2n) is 6.99. The second kappa shape index (κ2) is 9.84. The van der Waals surface area contributed by atoms with Crippen molar-refractivity contribution in [2.24, 2.45) is 0 Å². The summed E-state index contributed by atoms with van der Waals surface area (Å²) < 4.78 is 12.0. The van der Waals surface area contributed by atoms with Crippen LogP contribution in [0.3, 0.4) is 0 Å². The van der Waals surface area contributed by atoms with E-state index in [1.54, 1.807) is 12.1 Å². The number of benzene rings is 2. The van der Waals surface area contributed by atoms with Crippen LogP contribution >= 0.6 is 15.9 Å². The molecule has 30 heavy (non-hydrogen) atoms. The fourth-order valence-corrected chi connectivity index (χ4v) is 3.57. The van der Waals surface area contributed by atoms with Gasteiger partial charge in [0, 0.05) is 42.1 Å². The van der Waals surface area contributed by atoms with E-state index in [1.165, 1.54) is 6.20 Å². The molecule has 1 aliphatic heterocycles. The summed E-state index contributed by atoms with van der Waals surface area (Å²) >= 11 is 3.41. The van der Waals surface area contributed by atoms with E-state index in [4.69, 9.17) is 9.47 Å². The van der Waals surface area contributed by atoms with Gasteiger partial charge in [0.05, 0.1) is 18.8 Å². The van der Waals surface area contributed by atoms with Gasteiger partial charge < -0.3 is 14.8 Å². The fourth-order valence-electron chi connectivity index (χ4n) is 3.19. The van der Waals surface area contributed by atoms with Crippen LogP contribution in [-0.4, -0.2) is 42.1 Å². The molecule has 0 unspecified atom stereocenters. The molecule has 1 amide bonds. The van der Waals surface area contributed by atoms with Gasteiger partial charge in [0.2, 0.25) is 5.88 Å². The lowest BCUT2D eigenvalue weighted by Gasteiger charge is -2.26. The number of hydrogen-bond acceptors (Lipinski definition) is 5. The van der Waals surface area contributed by atoms with Gasteiger partial charge in [0.15, 0.2) is 0 Å². The number of nitrogens with zero attached hydrogens (tertiary/aromatic N) is 2. The Morgan fingerprint density at radius 2 is 1.93 bits per heavy atom. The minimum atomic E-state index is -0.208. The molecular formula is C23H22BrN3O3. The van der Waals surface area contributed by atoms with Crippen LogP contribution in [0.15, 0.2) is 71.3 Å².